The van der Waals surface area contributed by atoms with E-state index in [2.05, 4.69) is 9.97 Å². The Morgan fingerprint density at radius 1 is 1.33 bits per heavy atom. The number of carbonyl (C=O) groups is 2. The Balaban J connectivity index is 2.85. The fourth-order valence-corrected chi connectivity index (χ4v) is 1.52. The van der Waals surface area contributed by atoms with Crippen molar-refractivity contribution in [3.8, 4) is 0 Å². The number of hydrogen-bond donors (Lipinski definition) is 0. The Morgan fingerprint density at radius 3 is 2.87 bits per heavy atom. The summed E-state index contributed by atoms with van der Waals surface area (Å²) in [6, 6.07) is 5.48. The first kappa shape index (κ1) is 9.45. The molecule has 74 valence electrons. The number of Topliss-reactive ketones (excluding diaryl/α,β-unsaturated/α-hetero) is 1. The van der Waals surface area contributed by atoms with E-state index in [9.17, 15) is 9.59 Å². The summed E-state index contributed by atoms with van der Waals surface area (Å²) >= 11 is 0. The SMILES string of the molecule is Cc1cccc2ncnc(C(=O)C=O)c12. The molecule has 0 fully saturated rings. The van der Waals surface area contributed by atoms with Crippen LogP contribution in [-0.4, -0.2) is 22.0 Å². The number of ketones is 1. The Kier molecular flexibility index (Phi) is 2.25. The highest BCUT2D eigenvalue weighted by atomic mass is 16.2. The van der Waals surface area contributed by atoms with Crippen LogP contribution in [0.15, 0.2) is 24.5 Å². The van der Waals surface area contributed by atoms with Gasteiger partial charge < -0.3 is 0 Å². The molecule has 0 unspecified atom stereocenters. The molecule has 0 aliphatic heterocycles. The van der Waals surface area contributed by atoms with Gasteiger partial charge in [0.1, 0.15) is 12.0 Å². The van der Waals surface area contributed by atoms with Crippen LogP contribution in [-0.2, 0) is 4.79 Å². The zero-order chi connectivity index (χ0) is 10.8. The van der Waals surface area contributed by atoms with Crippen molar-refractivity contribution in [2.24, 2.45) is 0 Å². The first-order chi connectivity index (χ1) is 7.24. The van der Waals surface area contributed by atoms with Crippen LogP contribution in [0.25, 0.3) is 10.9 Å². The van der Waals surface area contributed by atoms with Gasteiger partial charge in [-0.15, -0.1) is 0 Å². The highest BCUT2D eigenvalue weighted by molar-refractivity contribution is 6.35. The molecule has 0 atom stereocenters. The van der Waals surface area contributed by atoms with Gasteiger partial charge in [-0.1, -0.05) is 12.1 Å². The summed E-state index contributed by atoms with van der Waals surface area (Å²) in [5.74, 6) is -0.614. The minimum atomic E-state index is -0.614. The number of aromatic nitrogens is 2. The molecule has 4 nitrogen and oxygen atoms in total. The molecule has 2 aromatic rings. The number of aryl methyl sites for hydroxylation is 1. The van der Waals surface area contributed by atoms with E-state index in [1.54, 1.807) is 6.07 Å². The lowest BCUT2D eigenvalue weighted by Gasteiger charge is -2.03. The van der Waals surface area contributed by atoms with Gasteiger partial charge in [-0.3, -0.25) is 9.59 Å². The highest BCUT2D eigenvalue weighted by Crippen LogP contribution is 2.18. The standard InChI is InChI=1S/C11H8N2O2/c1-7-3-2-4-8-10(7)11(9(15)5-14)13-6-12-8/h2-6H,1H3. The fourth-order valence-electron chi connectivity index (χ4n) is 1.52. The van der Waals surface area contributed by atoms with Crippen LogP contribution in [0.5, 0.6) is 0 Å². The molecular weight excluding hydrogens is 192 g/mol. The first-order valence-corrected chi connectivity index (χ1v) is 4.44. The number of nitrogens with zero attached hydrogens (tertiary/aromatic N) is 2. The molecule has 0 aliphatic carbocycles. The van der Waals surface area contributed by atoms with Crippen LogP contribution in [0.2, 0.25) is 0 Å². The maximum Gasteiger partial charge on any atom is 0.244 e. The van der Waals surface area contributed by atoms with Crippen molar-refractivity contribution < 1.29 is 9.59 Å². The zero-order valence-corrected chi connectivity index (χ0v) is 8.10. The Labute approximate surface area is 86.0 Å². The van der Waals surface area contributed by atoms with E-state index in [4.69, 9.17) is 0 Å². The largest absolute Gasteiger partial charge is 0.294 e. The van der Waals surface area contributed by atoms with E-state index in [0.29, 0.717) is 10.9 Å². The predicted molar refractivity (Wildman–Crippen MR) is 54.7 cm³/mol. The molecule has 1 heterocycles. The van der Waals surface area contributed by atoms with Crippen LogP contribution in [0.3, 0.4) is 0 Å². The number of benzene rings is 1. The molecule has 0 amide bonds. The molecule has 0 saturated heterocycles. The van der Waals surface area contributed by atoms with Gasteiger partial charge in [0.15, 0.2) is 6.29 Å². The Hall–Kier alpha value is -2.10. The lowest BCUT2D eigenvalue weighted by atomic mass is 10.1. The lowest BCUT2D eigenvalue weighted by Crippen LogP contribution is -2.05. The average Bonchev–Trinajstić information content (AvgIpc) is 2.28. The second kappa shape index (κ2) is 3.57. The van der Waals surface area contributed by atoms with Crippen molar-refractivity contribution >= 4 is 23.0 Å². The van der Waals surface area contributed by atoms with Gasteiger partial charge >= 0.3 is 0 Å². The second-order valence-electron chi connectivity index (χ2n) is 3.17. The van der Waals surface area contributed by atoms with E-state index >= 15 is 0 Å². The Morgan fingerprint density at radius 2 is 2.13 bits per heavy atom. The number of carbonyl (C=O) groups excluding carboxylic acids is 2. The number of rotatable bonds is 2. The minimum absolute atomic E-state index is 0.174. The van der Waals surface area contributed by atoms with Crippen molar-refractivity contribution in [2.75, 3.05) is 0 Å². The van der Waals surface area contributed by atoms with E-state index < -0.39 is 5.78 Å². The lowest BCUT2D eigenvalue weighted by molar-refractivity contribution is -0.104. The van der Waals surface area contributed by atoms with Gasteiger partial charge in [0.25, 0.3) is 0 Å². The quantitative estimate of drug-likeness (QED) is 0.416. The fraction of sp³-hybridized carbons (Fsp3) is 0.0909. The van der Waals surface area contributed by atoms with Crippen molar-refractivity contribution in [1.29, 1.82) is 0 Å². The molecule has 4 heteroatoms. The molecule has 1 aromatic carbocycles. The molecule has 0 saturated carbocycles. The molecule has 0 N–H and O–H groups in total. The van der Waals surface area contributed by atoms with Crippen LogP contribution in [0, 0.1) is 6.92 Å². The number of hydrogen-bond acceptors (Lipinski definition) is 4. The van der Waals surface area contributed by atoms with Gasteiger partial charge in [0, 0.05) is 5.39 Å². The summed E-state index contributed by atoms with van der Waals surface area (Å²) in [6.07, 6.45) is 1.56. The van der Waals surface area contributed by atoms with Crippen molar-refractivity contribution in [3.05, 3.63) is 35.8 Å². The smallest absolute Gasteiger partial charge is 0.244 e. The maximum atomic E-state index is 11.3. The molecule has 2 rings (SSSR count). The van der Waals surface area contributed by atoms with Crippen molar-refractivity contribution in [2.45, 2.75) is 6.92 Å². The van der Waals surface area contributed by atoms with Crippen LogP contribution in [0.4, 0.5) is 0 Å². The summed E-state index contributed by atoms with van der Waals surface area (Å²) in [5.41, 5.74) is 1.74. The number of aldehydes is 1. The topological polar surface area (TPSA) is 59.9 Å². The predicted octanol–water partition coefficient (Wildman–Crippen LogP) is 1.32. The summed E-state index contributed by atoms with van der Waals surface area (Å²) < 4.78 is 0. The monoisotopic (exact) mass is 200 g/mol. The van der Waals surface area contributed by atoms with Gasteiger partial charge in [0.2, 0.25) is 5.78 Å². The molecular formula is C11H8N2O2. The zero-order valence-electron chi connectivity index (χ0n) is 8.10. The third-order valence-corrected chi connectivity index (χ3v) is 2.21. The maximum absolute atomic E-state index is 11.3. The molecule has 0 radical (unpaired) electrons. The Bertz CT molecular complexity index is 544. The van der Waals surface area contributed by atoms with Crippen molar-refractivity contribution in [1.82, 2.24) is 9.97 Å². The summed E-state index contributed by atoms with van der Waals surface area (Å²) in [6.45, 7) is 1.85. The van der Waals surface area contributed by atoms with Crippen molar-refractivity contribution in [3.63, 3.8) is 0 Å². The summed E-state index contributed by atoms with van der Waals surface area (Å²) in [4.78, 5) is 29.7. The molecule has 1 aromatic heterocycles. The second-order valence-corrected chi connectivity index (χ2v) is 3.17. The van der Waals surface area contributed by atoms with E-state index in [-0.39, 0.29) is 12.0 Å². The number of fused-ring (bicyclic) bond motifs is 1. The van der Waals surface area contributed by atoms with Gasteiger partial charge in [-0.05, 0) is 18.6 Å². The minimum Gasteiger partial charge on any atom is -0.294 e. The molecule has 0 aliphatic rings. The van der Waals surface area contributed by atoms with Crippen LogP contribution >= 0.6 is 0 Å². The summed E-state index contributed by atoms with van der Waals surface area (Å²) in [5, 5.41) is 0.650. The van der Waals surface area contributed by atoms with E-state index in [1.807, 2.05) is 19.1 Å². The molecule has 0 bridgehead atoms. The van der Waals surface area contributed by atoms with Crippen LogP contribution in [0.1, 0.15) is 16.1 Å². The third kappa shape index (κ3) is 1.50. The third-order valence-electron chi connectivity index (χ3n) is 2.21. The van der Waals surface area contributed by atoms with E-state index in [0.717, 1.165) is 5.56 Å². The van der Waals surface area contributed by atoms with Gasteiger partial charge in [0.05, 0.1) is 5.52 Å². The highest BCUT2D eigenvalue weighted by Gasteiger charge is 2.12. The normalized spacial score (nSPS) is 10.2. The first-order valence-electron chi connectivity index (χ1n) is 4.44. The van der Waals surface area contributed by atoms with Crippen LogP contribution < -0.4 is 0 Å². The summed E-state index contributed by atoms with van der Waals surface area (Å²) in [7, 11) is 0. The van der Waals surface area contributed by atoms with Gasteiger partial charge in [-0.2, -0.15) is 0 Å². The molecule has 15 heavy (non-hydrogen) atoms. The average molecular weight is 200 g/mol. The van der Waals surface area contributed by atoms with E-state index in [1.165, 1.54) is 6.33 Å². The van der Waals surface area contributed by atoms with Gasteiger partial charge in [-0.25, -0.2) is 9.97 Å². The molecule has 0 spiro atoms.